The van der Waals surface area contributed by atoms with Crippen LogP contribution >= 0.6 is 0 Å². The van der Waals surface area contributed by atoms with E-state index < -0.39 is 0 Å². The molecular formula is C21H37N3O. The Bertz CT molecular complexity index is 448. The van der Waals surface area contributed by atoms with Gasteiger partial charge in [-0.15, -0.1) is 0 Å². The molecule has 0 aromatic rings. The van der Waals surface area contributed by atoms with E-state index in [1.807, 2.05) is 0 Å². The third kappa shape index (κ3) is 7.35. The van der Waals surface area contributed by atoms with Crippen LogP contribution in [-0.2, 0) is 4.74 Å². The van der Waals surface area contributed by atoms with Gasteiger partial charge in [0.25, 0.3) is 0 Å². The molecule has 0 N–H and O–H groups in total. The van der Waals surface area contributed by atoms with Gasteiger partial charge >= 0.3 is 0 Å². The molecule has 25 heavy (non-hydrogen) atoms. The first-order valence-corrected chi connectivity index (χ1v) is 9.86. The molecule has 2 saturated heterocycles. The van der Waals surface area contributed by atoms with Crippen LogP contribution in [-0.4, -0.2) is 80.3 Å². The zero-order valence-electron chi connectivity index (χ0n) is 16.4. The quantitative estimate of drug-likeness (QED) is 0.565. The van der Waals surface area contributed by atoms with Crippen molar-refractivity contribution in [2.24, 2.45) is 0 Å². The Hall–Kier alpha value is -1.10. The molecule has 2 aliphatic heterocycles. The van der Waals surface area contributed by atoms with E-state index in [0.29, 0.717) is 6.04 Å². The summed E-state index contributed by atoms with van der Waals surface area (Å²) in [5.74, 6) is 0. The first-order chi connectivity index (χ1) is 12.1. The van der Waals surface area contributed by atoms with E-state index in [0.717, 1.165) is 51.5 Å². The summed E-state index contributed by atoms with van der Waals surface area (Å²) in [6.45, 7) is 19.2. The van der Waals surface area contributed by atoms with Gasteiger partial charge in [0, 0.05) is 45.0 Å². The highest BCUT2D eigenvalue weighted by atomic mass is 16.5. The van der Waals surface area contributed by atoms with Crippen LogP contribution < -0.4 is 0 Å². The van der Waals surface area contributed by atoms with Crippen molar-refractivity contribution in [3.05, 3.63) is 36.6 Å². The number of morpholine rings is 1. The summed E-state index contributed by atoms with van der Waals surface area (Å²) in [7, 11) is 2.14. The molecule has 0 bridgehead atoms. The lowest BCUT2D eigenvalue weighted by molar-refractivity contribution is 0.0385. The summed E-state index contributed by atoms with van der Waals surface area (Å²) < 4.78 is 5.39. The van der Waals surface area contributed by atoms with Crippen molar-refractivity contribution in [1.82, 2.24) is 14.7 Å². The highest BCUT2D eigenvalue weighted by molar-refractivity contribution is 5.23. The topological polar surface area (TPSA) is 19.0 Å². The third-order valence-corrected chi connectivity index (χ3v) is 5.50. The average molecular weight is 348 g/mol. The Balaban J connectivity index is 1.62. The molecule has 4 nitrogen and oxygen atoms in total. The number of allylic oxidation sites excluding steroid dienone is 2. The maximum Gasteiger partial charge on any atom is 0.0594 e. The van der Waals surface area contributed by atoms with Crippen LogP contribution in [0.25, 0.3) is 0 Å². The fraction of sp³-hybridized carbons (Fsp3) is 0.714. The maximum absolute atomic E-state index is 5.39. The van der Waals surface area contributed by atoms with Gasteiger partial charge in [0.1, 0.15) is 0 Å². The smallest absolute Gasteiger partial charge is 0.0594 e. The van der Waals surface area contributed by atoms with Gasteiger partial charge in [0.05, 0.1) is 13.2 Å². The number of likely N-dealkylation sites (tertiary alicyclic amines) is 1. The first kappa shape index (κ1) is 20.2. The van der Waals surface area contributed by atoms with Gasteiger partial charge in [-0.3, -0.25) is 4.90 Å². The molecule has 0 spiro atoms. The van der Waals surface area contributed by atoms with Crippen LogP contribution in [0.3, 0.4) is 0 Å². The Kier molecular flexibility index (Phi) is 8.73. The van der Waals surface area contributed by atoms with Crippen molar-refractivity contribution in [3.63, 3.8) is 0 Å². The van der Waals surface area contributed by atoms with Crippen molar-refractivity contribution in [1.29, 1.82) is 0 Å². The molecule has 142 valence electrons. The van der Waals surface area contributed by atoms with Crippen molar-refractivity contribution >= 4 is 0 Å². The minimum atomic E-state index is 0.671. The molecule has 0 aromatic heterocycles. The molecule has 0 aliphatic carbocycles. The van der Waals surface area contributed by atoms with E-state index >= 15 is 0 Å². The minimum Gasteiger partial charge on any atom is -0.379 e. The van der Waals surface area contributed by atoms with Crippen molar-refractivity contribution in [2.45, 2.75) is 38.6 Å². The lowest BCUT2D eigenvalue weighted by Gasteiger charge is -2.27. The summed E-state index contributed by atoms with van der Waals surface area (Å²) in [4.78, 5) is 7.32. The summed E-state index contributed by atoms with van der Waals surface area (Å²) in [5.41, 5.74) is 2.24. The average Bonchev–Trinajstić information content (AvgIpc) is 3.17. The van der Waals surface area contributed by atoms with Gasteiger partial charge in [-0.25, -0.2) is 0 Å². The highest BCUT2D eigenvalue weighted by Crippen LogP contribution is 2.15. The number of nitrogens with zero attached hydrogens (tertiary/aromatic N) is 3. The molecule has 2 heterocycles. The molecule has 2 fully saturated rings. The van der Waals surface area contributed by atoms with Crippen LogP contribution in [0.15, 0.2) is 36.6 Å². The second-order valence-electron chi connectivity index (χ2n) is 7.49. The second kappa shape index (κ2) is 10.8. The first-order valence-electron chi connectivity index (χ1n) is 9.86. The standard InChI is InChI=1S/C21H37N3O/c1-19(9-14-23-15-17-25-18-16-23)7-8-20(2)22(4)13-10-21(3)24-11-5-6-12-24/h7-8,21H,1-2,5-6,9-18H2,3-4H3/b8-7-. The molecule has 0 aromatic carbocycles. The molecule has 1 atom stereocenters. The Morgan fingerprint density at radius 3 is 2.48 bits per heavy atom. The van der Waals surface area contributed by atoms with Gasteiger partial charge in [-0.2, -0.15) is 0 Å². The third-order valence-electron chi connectivity index (χ3n) is 5.50. The molecule has 1 unspecified atom stereocenters. The van der Waals surface area contributed by atoms with Crippen molar-refractivity contribution in [3.8, 4) is 0 Å². The summed E-state index contributed by atoms with van der Waals surface area (Å²) in [6, 6.07) is 0.671. The lowest BCUT2D eigenvalue weighted by Crippen LogP contribution is -2.36. The van der Waals surface area contributed by atoms with Crippen LogP contribution in [0.2, 0.25) is 0 Å². The number of likely N-dealkylation sites (N-methyl/N-ethyl adjacent to an activating group) is 1. The van der Waals surface area contributed by atoms with Gasteiger partial charge in [0.2, 0.25) is 0 Å². The maximum atomic E-state index is 5.39. The van der Waals surface area contributed by atoms with E-state index in [9.17, 15) is 0 Å². The van der Waals surface area contributed by atoms with E-state index in [-0.39, 0.29) is 0 Å². The van der Waals surface area contributed by atoms with Gasteiger partial charge in [0.15, 0.2) is 0 Å². The summed E-state index contributed by atoms with van der Waals surface area (Å²) in [5, 5.41) is 0. The molecule has 0 saturated carbocycles. The summed E-state index contributed by atoms with van der Waals surface area (Å²) >= 11 is 0. The number of hydrogen-bond acceptors (Lipinski definition) is 4. The Labute approximate surface area is 154 Å². The number of rotatable bonds is 10. The summed E-state index contributed by atoms with van der Waals surface area (Å²) in [6.07, 6.45) is 9.18. The zero-order valence-corrected chi connectivity index (χ0v) is 16.4. The second-order valence-corrected chi connectivity index (χ2v) is 7.49. The van der Waals surface area contributed by atoms with E-state index in [1.54, 1.807) is 0 Å². The lowest BCUT2D eigenvalue weighted by atomic mass is 10.1. The predicted molar refractivity (Wildman–Crippen MR) is 107 cm³/mol. The van der Waals surface area contributed by atoms with Crippen molar-refractivity contribution < 1.29 is 4.74 Å². The van der Waals surface area contributed by atoms with Crippen LogP contribution in [0.5, 0.6) is 0 Å². The predicted octanol–water partition coefficient (Wildman–Crippen LogP) is 3.14. The van der Waals surface area contributed by atoms with E-state index in [2.05, 4.69) is 54.0 Å². The fourth-order valence-electron chi connectivity index (χ4n) is 3.44. The zero-order chi connectivity index (χ0) is 18.1. The Morgan fingerprint density at radius 2 is 1.80 bits per heavy atom. The Morgan fingerprint density at radius 1 is 1.12 bits per heavy atom. The number of hydrogen-bond donors (Lipinski definition) is 0. The van der Waals surface area contributed by atoms with E-state index in [4.69, 9.17) is 4.74 Å². The van der Waals surface area contributed by atoms with Gasteiger partial charge in [-0.05, 0) is 51.8 Å². The van der Waals surface area contributed by atoms with Crippen molar-refractivity contribution in [2.75, 3.05) is 59.5 Å². The normalized spacial score (nSPS) is 20.9. The van der Waals surface area contributed by atoms with Crippen LogP contribution in [0.1, 0.15) is 32.6 Å². The fourth-order valence-corrected chi connectivity index (χ4v) is 3.44. The number of ether oxygens (including phenoxy) is 1. The van der Waals surface area contributed by atoms with Crippen LogP contribution in [0.4, 0.5) is 0 Å². The minimum absolute atomic E-state index is 0.671. The molecule has 2 rings (SSSR count). The molecule has 4 heteroatoms. The molecule has 0 amide bonds. The highest BCUT2D eigenvalue weighted by Gasteiger charge is 2.18. The molecular weight excluding hydrogens is 310 g/mol. The van der Waals surface area contributed by atoms with Gasteiger partial charge in [-0.1, -0.05) is 24.8 Å². The van der Waals surface area contributed by atoms with E-state index in [1.165, 1.54) is 37.9 Å². The molecule has 0 radical (unpaired) electrons. The largest absolute Gasteiger partial charge is 0.379 e. The van der Waals surface area contributed by atoms with Gasteiger partial charge < -0.3 is 14.5 Å². The SMILES string of the molecule is C=C(/C=C\C(=C)N(C)CCC(C)N1CCCC1)CCN1CCOCC1. The van der Waals surface area contributed by atoms with Crippen LogP contribution in [0, 0.1) is 0 Å². The molecule has 2 aliphatic rings. The monoisotopic (exact) mass is 347 g/mol.